The Labute approximate surface area is 131 Å². The van der Waals surface area contributed by atoms with Gasteiger partial charge in [0.15, 0.2) is 0 Å². The van der Waals surface area contributed by atoms with Gasteiger partial charge in [0, 0.05) is 30.7 Å². The van der Waals surface area contributed by atoms with E-state index in [-0.39, 0.29) is 5.91 Å². The normalized spacial score (nSPS) is 26.7. The lowest BCUT2D eigenvalue weighted by Gasteiger charge is -2.28. The van der Waals surface area contributed by atoms with E-state index in [1.165, 1.54) is 12.8 Å². The van der Waals surface area contributed by atoms with Crippen molar-refractivity contribution in [2.75, 3.05) is 18.5 Å². The van der Waals surface area contributed by atoms with Crippen LogP contribution in [0.25, 0.3) is 0 Å². The van der Waals surface area contributed by atoms with Gasteiger partial charge in [0.2, 0.25) is 5.91 Å². The number of amides is 1. The number of fused-ring (bicyclic) bond motifs is 2. The smallest absolute Gasteiger partial charge is 0.224 e. The number of nitrogens with two attached hydrogens (primary N) is 1. The lowest BCUT2D eigenvalue weighted by atomic mass is 9.89. The molecule has 2 aliphatic rings. The second kappa shape index (κ2) is 7.11. The van der Waals surface area contributed by atoms with Gasteiger partial charge < -0.3 is 21.1 Å². The summed E-state index contributed by atoms with van der Waals surface area (Å²) in [6.45, 7) is 1.00. The molecule has 5 heteroatoms. The first-order valence-electron chi connectivity index (χ1n) is 8.22. The minimum absolute atomic E-state index is 0.113. The summed E-state index contributed by atoms with van der Waals surface area (Å²) < 4.78 is 5.42. The number of ether oxygens (including phenoxy) is 1. The summed E-state index contributed by atoms with van der Waals surface area (Å²) in [5.74, 6) is 1.41. The van der Waals surface area contributed by atoms with E-state index in [0.29, 0.717) is 37.6 Å². The molecule has 120 valence electrons. The predicted molar refractivity (Wildman–Crippen MR) is 86.9 cm³/mol. The molecule has 1 aromatic rings. The van der Waals surface area contributed by atoms with Crippen LogP contribution in [-0.2, 0) is 4.79 Å². The zero-order valence-corrected chi connectivity index (χ0v) is 12.9. The Balaban J connectivity index is 1.47. The maximum Gasteiger partial charge on any atom is 0.224 e. The molecule has 2 aliphatic heterocycles. The minimum Gasteiger partial charge on any atom is -0.492 e. The summed E-state index contributed by atoms with van der Waals surface area (Å²) in [6.07, 6.45) is 5.44. The van der Waals surface area contributed by atoms with E-state index in [4.69, 9.17) is 10.5 Å². The Morgan fingerprint density at radius 3 is 2.55 bits per heavy atom. The van der Waals surface area contributed by atoms with Crippen LogP contribution in [0.15, 0.2) is 24.3 Å². The zero-order valence-electron chi connectivity index (χ0n) is 12.9. The minimum atomic E-state index is 0.113. The van der Waals surface area contributed by atoms with Crippen molar-refractivity contribution >= 4 is 11.6 Å². The van der Waals surface area contributed by atoms with Crippen LogP contribution in [0.2, 0.25) is 0 Å². The van der Waals surface area contributed by atoms with Crippen LogP contribution in [0.1, 0.15) is 32.1 Å². The Kier molecular flexibility index (Phi) is 4.95. The summed E-state index contributed by atoms with van der Waals surface area (Å²) in [7, 11) is 0. The summed E-state index contributed by atoms with van der Waals surface area (Å²) in [5, 5.41) is 6.59. The van der Waals surface area contributed by atoms with Gasteiger partial charge >= 0.3 is 0 Å². The highest BCUT2D eigenvalue weighted by molar-refractivity contribution is 5.90. The molecule has 0 spiro atoms. The molecule has 0 radical (unpaired) electrons. The van der Waals surface area contributed by atoms with E-state index < -0.39 is 0 Å². The van der Waals surface area contributed by atoms with Crippen LogP contribution < -0.4 is 21.1 Å². The molecule has 0 aromatic heterocycles. The third-order valence-corrected chi connectivity index (χ3v) is 4.57. The molecule has 2 bridgehead atoms. The van der Waals surface area contributed by atoms with Crippen molar-refractivity contribution in [3.8, 4) is 5.75 Å². The number of nitrogens with one attached hydrogen (secondary N) is 2. The summed E-state index contributed by atoms with van der Waals surface area (Å²) in [5.41, 5.74) is 6.22. The highest BCUT2D eigenvalue weighted by Gasteiger charge is 2.34. The van der Waals surface area contributed by atoms with E-state index in [1.807, 2.05) is 24.3 Å². The number of piperidine rings is 1. The topological polar surface area (TPSA) is 76.4 Å². The van der Waals surface area contributed by atoms with Gasteiger partial charge in [-0.05, 0) is 55.9 Å². The number of rotatable bonds is 6. The van der Waals surface area contributed by atoms with Crippen LogP contribution in [0.4, 0.5) is 5.69 Å². The Hall–Kier alpha value is -1.59. The van der Waals surface area contributed by atoms with Gasteiger partial charge in [0.05, 0.1) is 0 Å². The third kappa shape index (κ3) is 3.99. The highest BCUT2D eigenvalue weighted by Crippen LogP contribution is 2.32. The average molecular weight is 303 g/mol. The molecule has 2 atom stereocenters. The Morgan fingerprint density at radius 1 is 1.23 bits per heavy atom. The standard InChI is InChI=1S/C17H25N3O2/c18-7-8-22-16-5-3-13(4-6-16)20-17(21)11-12-9-14-1-2-15(10-12)19-14/h3-6,12,14-15,19H,1-2,7-11,18H2,(H,20,21). The molecule has 5 nitrogen and oxygen atoms in total. The molecular formula is C17H25N3O2. The number of anilines is 1. The van der Waals surface area contributed by atoms with Gasteiger partial charge in [0.1, 0.15) is 12.4 Å². The highest BCUT2D eigenvalue weighted by atomic mass is 16.5. The average Bonchev–Trinajstić information content (AvgIpc) is 2.85. The van der Waals surface area contributed by atoms with Gasteiger partial charge in [-0.25, -0.2) is 0 Å². The zero-order chi connectivity index (χ0) is 15.4. The number of hydrogen-bond acceptors (Lipinski definition) is 4. The first kappa shape index (κ1) is 15.3. The van der Waals surface area contributed by atoms with E-state index in [2.05, 4.69) is 10.6 Å². The second-order valence-electron chi connectivity index (χ2n) is 6.39. The first-order valence-corrected chi connectivity index (χ1v) is 8.22. The number of benzene rings is 1. The molecule has 2 saturated heterocycles. The SMILES string of the molecule is NCCOc1ccc(NC(=O)CC2CC3CCC(C2)N3)cc1. The van der Waals surface area contributed by atoms with Crippen molar-refractivity contribution < 1.29 is 9.53 Å². The molecule has 3 rings (SSSR count). The molecule has 2 heterocycles. The van der Waals surface area contributed by atoms with Crippen molar-refractivity contribution in [2.45, 2.75) is 44.2 Å². The summed E-state index contributed by atoms with van der Waals surface area (Å²) >= 11 is 0. The number of carbonyl (C=O) groups is 1. The fraction of sp³-hybridized carbons (Fsp3) is 0.588. The molecular weight excluding hydrogens is 278 g/mol. The summed E-state index contributed by atoms with van der Waals surface area (Å²) in [4.78, 5) is 12.2. The second-order valence-corrected chi connectivity index (χ2v) is 6.39. The molecule has 0 aliphatic carbocycles. The molecule has 2 fully saturated rings. The van der Waals surface area contributed by atoms with E-state index in [1.54, 1.807) is 0 Å². The molecule has 2 unspecified atom stereocenters. The molecule has 1 aromatic carbocycles. The largest absolute Gasteiger partial charge is 0.492 e. The van der Waals surface area contributed by atoms with E-state index in [0.717, 1.165) is 24.3 Å². The lowest BCUT2D eigenvalue weighted by Crippen LogP contribution is -2.39. The van der Waals surface area contributed by atoms with Gasteiger partial charge in [-0.3, -0.25) is 4.79 Å². The predicted octanol–water partition coefficient (Wildman–Crippen LogP) is 1.88. The maximum atomic E-state index is 12.2. The monoisotopic (exact) mass is 303 g/mol. The maximum absolute atomic E-state index is 12.2. The van der Waals surface area contributed by atoms with Crippen molar-refractivity contribution in [3.63, 3.8) is 0 Å². The molecule has 1 amide bonds. The quantitative estimate of drug-likeness (QED) is 0.750. The van der Waals surface area contributed by atoms with Crippen LogP contribution in [0.5, 0.6) is 5.75 Å². The third-order valence-electron chi connectivity index (χ3n) is 4.57. The van der Waals surface area contributed by atoms with E-state index in [9.17, 15) is 4.79 Å². The Morgan fingerprint density at radius 2 is 1.91 bits per heavy atom. The van der Waals surface area contributed by atoms with Crippen molar-refractivity contribution in [3.05, 3.63) is 24.3 Å². The van der Waals surface area contributed by atoms with Crippen molar-refractivity contribution in [1.82, 2.24) is 5.32 Å². The summed E-state index contributed by atoms with van der Waals surface area (Å²) in [6, 6.07) is 8.73. The number of carbonyl (C=O) groups excluding carboxylic acids is 1. The van der Waals surface area contributed by atoms with Gasteiger partial charge in [-0.1, -0.05) is 0 Å². The van der Waals surface area contributed by atoms with Crippen molar-refractivity contribution in [1.29, 1.82) is 0 Å². The lowest BCUT2D eigenvalue weighted by molar-refractivity contribution is -0.117. The fourth-order valence-corrected chi connectivity index (χ4v) is 3.63. The van der Waals surface area contributed by atoms with Crippen LogP contribution in [-0.4, -0.2) is 31.1 Å². The first-order chi connectivity index (χ1) is 10.7. The van der Waals surface area contributed by atoms with E-state index >= 15 is 0 Å². The van der Waals surface area contributed by atoms with Crippen LogP contribution in [0.3, 0.4) is 0 Å². The Bertz CT molecular complexity index is 491. The van der Waals surface area contributed by atoms with Crippen LogP contribution >= 0.6 is 0 Å². The molecule has 0 saturated carbocycles. The molecule has 4 N–H and O–H groups in total. The van der Waals surface area contributed by atoms with Gasteiger partial charge in [-0.2, -0.15) is 0 Å². The number of hydrogen-bond donors (Lipinski definition) is 3. The molecule has 22 heavy (non-hydrogen) atoms. The fourth-order valence-electron chi connectivity index (χ4n) is 3.63. The van der Waals surface area contributed by atoms with Gasteiger partial charge in [-0.15, -0.1) is 0 Å². The van der Waals surface area contributed by atoms with Crippen LogP contribution in [0, 0.1) is 5.92 Å². The van der Waals surface area contributed by atoms with Gasteiger partial charge in [0.25, 0.3) is 0 Å². The van der Waals surface area contributed by atoms with Crippen molar-refractivity contribution in [2.24, 2.45) is 11.7 Å².